The monoisotopic (exact) mass is 322 g/mol. The minimum Gasteiger partial charge on any atom is -0.360 e. The molecular formula is C17H14N4O3. The van der Waals surface area contributed by atoms with Crippen molar-refractivity contribution in [2.75, 3.05) is 10.6 Å². The summed E-state index contributed by atoms with van der Waals surface area (Å²) >= 11 is 0. The molecule has 2 aromatic rings. The number of amides is 1. The second-order valence-electron chi connectivity index (χ2n) is 4.95. The number of nitro benzene ring substituents is 1. The Morgan fingerprint density at radius 3 is 2.58 bits per heavy atom. The number of anilines is 2. The van der Waals surface area contributed by atoms with E-state index in [1.807, 2.05) is 25.1 Å². The summed E-state index contributed by atoms with van der Waals surface area (Å²) in [5.74, 6) is -0.654. The number of nitrogens with zero attached hydrogens (tertiary/aromatic N) is 2. The molecule has 0 radical (unpaired) electrons. The van der Waals surface area contributed by atoms with Gasteiger partial charge in [0.25, 0.3) is 11.6 Å². The van der Waals surface area contributed by atoms with Crippen molar-refractivity contribution in [3.8, 4) is 6.07 Å². The van der Waals surface area contributed by atoms with Gasteiger partial charge in [0, 0.05) is 29.7 Å². The van der Waals surface area contributed by atoms with Gasteiger partial charge in [0.1, 0.15) is 11.6 Å². The molecule has 2 N–H and O–H groups in total. The van der Waals surface area contributed by atoms with E-state index in [-0.39, 0.29) is 16.9 Å². The van der Waals surface area contributed by atoms with Crippen molar-refractivity contribution in [3.05, 3.63) is 76.0 Å². The first-order valence-corrected chi connectivity index (χ1v) is 6.99. The van der Waals surface area contributed by atoms with Crippen LogP contribution in [0.1, 0.15) is 5.56 Å². The first-order chi connectivity index (χ1) is 11.5. The number of carbonyl (C=O) groups excluding carboxylic acids is 1. The Balaban J connectivity index is 2.11. The Kier molecular flexibility index (Phi) is 5.26. The summed E-state index contributed by atoms with van der Waals surface area (Å²) in [6.45, 7) is 1.93. The van der Waals surface area contributed by atoms with Gasteiger partial charge in [0.15, 0.2) is 0 Å². The highest BCUT2D eigenvalue weighted by atomic mass is 16.6. The van der Waals surface area contributed by atoms with Crippen LogP contribution in [0.5, 0.6) is 0 Å². The van der Waals surface area contributed by atoms with Crippen LogP contribution in [0, 0.1) is 28.4 Å². The fourth-order valence-electron chi connectivity index (χ4n) is 1.93. The number of nitriles is 1. The van der Waals surface area contributed by atoms with Gasteiger partial charge in [-0.3, -0.25) is 14.9 Å². The van der Waals surface area contributed by atoms with Crippen molar-refractivity contribution in [1.82, 2.24) is 0 Å². The van der Waals surface area contributed by atoms with Gasteiger partial charge < -0.3 is 10.6 Å². The van der Waals surface area contributed by atoms with Crippen LogP contribution in [0.3, 0.4) is 0 Å². The molecule has 120 valence electrons. The largest absolute Gasteiger partial charge is 0.360 e. The molecule has 2 rings (SSSR count). The lowest BCUT2D eigenvalue weighted by Gasteiger charge is -2.05. The number of carbonyl (C=O) groups is 1. The van der Waals surface area contributed by atoms with Gasteiger partial charge in [-0.05, 0) is 30.7 Å². The molecule has 0 heterocycles. The molecule has 0 aliphatic rings. The Morgan fingerprint density at radius 2 is 1.92 bits per heavy atom. The van der Waals surface area contributed by atoms with Crippen LogP contribution in [-0.4, -0.2) is 10.8 Å². The SMILES string of the molecule is Cc1cccc(N/C=C(/C#N)C(=O)Nc2cccc([N+](=O)[O-])c2)c1. The summed E-state index contributed by atoms with van der Waals surface area (Å²) in [5, 5.41) is 25.2. The highest BCUT2D eigenvalue weighted by molar-refractivity contribution is 6.06. The summed E-state index contributed by atoms with van der Waals surface area (Å²) in [5.41, 5.74) is 1.72. The third-order valence-electron chi connectivity index (χ3n) is 3.08. The zero-order valence-electron chi connectivity index (χ0n) is 12.8. The fraction of sp³-hybridized carbons (Fsp3) is 0.0588. The zero-order valence-corrected chi connectivity index (χ0v) is 12.8. The van der Waals surface area contributed by atoms with Crippen molar-refractivity contribution in [1.29, 1.82) is 5.26 Å². The van der Waals surface area contributed by atoms with Gasteiger partial charge in [0.2, 0.25) is 0 Å². The van der Waals surface area contributed by atoms with Crippen LogP contribution in [0.25, 0.3) is 0 Å². The average Bonchev–Trinajstić information content (AvgIpc) is 2.55. The Hall–Kier alpha value is -3.66. The quantitative estimate of drug-likeness (QED) is 0.380. The van der Waals surface area contributed by atoms with E-state index in [0.29, 0.717) is 0 Å². The van der Waals surface area contributed by atoms with Crippen molar-refractivity contribution in [2.45, 2.75) is 6.92 Å². The van der Waals surface area contributed by atoms with E-state index in [9.17, 15) is 14.9 Å². The molecular weight excluding hydrogens is 308 g/mol. The molecule has 1 amide bonds. The molecule has 2 aromatic carbocycles. The summed E-state index contributed by atoms with van der Waals surface area (Å²) < 4.78 is 0. The normalized spacial score (nSPS) is 10.6. The molecule has 0 atom stereocenters. The predicted octanol–water partition coefficient (Wildman–Crippen LogP) is 3.36. The van der Waals surface area contributed by atoms with Crippen LogP contribution < -0.4 is 10.6 Å². The van der Waals surface area contributed by atoms with E-state index in [0.717, 1.165) is 11.3 Å². The number of hydrogen-bond acceptors (Lipinski definition) is 5. The molecule has 0 unspecified atom stereocenters. The molecule has 0 aliphatic carbocycles. The fourth-order valence-corrected chi connectivity index (χ4v) is 1.93. The molecule has 0 aromatic heterocycles. The minimum atomic E-state index is -0.654. The van der Waals surface area contributed by atoms with Crippen molar-refractivity contribution in [3.63, 3.8) is 0 Å². The highest BCUT2D eigenvalue weighted by Gasteiger charge is 2.12. The second-order valence-corrected chi connectivity index (χ2v) is 4.95. The van der Waals surface area contributed by atoms with Gasteiger partial charge in [-0.15, -0.1) is 0 Å². The smallest absolute Gasteiger partial charge is 0.271 e. The Morgan fingerprint density at radius 1 is 1.21 bits per heavy atom. The van der Waals surface area contributed by atoms with Crippen LogP contribution in [0.2, 0.25) is 0 Å². The predicted molar refractivity (Wildman–Crippen MR) is 90.2 cm³/mol. The molecule has 0 aliphatic heterocycles. The van der Waals surface area contributed by atoms with Crippen molar-refractivity contribution >= 4 is 23.0 Å². The topological polar surface area (TPSA) is 108 Å². The summed E-state index contributed by atoms with van der Waals surface area (Å²) in [6, 6.07) is 14.7. The third-order valence-corrected chi connectivity index (χ3v) is 3.08. The molecule has 0 fully saturated rings. The van der Waals surface area contributed by atoms with Gasteiger partial charge in [0.05, 0.1) is 4.92 Å². The van der Waals surface area contributed by atoms with Crippen molar-refractivity contribution < 1.29 is 9.72 Å². The van der Waals surface area contributed by atoms with Crippen LogP contribution in [-0.2, 0) is 4.79 Å². The molecule has 0 saturated heterocycles. The van der Waals surface area contributed by atoms with Gasteiger partial charge in [-0.1, -0.05) is 18.2 Å². The number of rotatable bonds is 5. The highest BCUT2D eigenvalue weighted by Crippen LogP contribution is 2.17. The number of aryl methyl sites for hydroxylation is 1. The minimum absolute atomic E-state index is 0.145. The summed E-state index contributed by atoms with van der Waals surface area (Å²) in [6.07, 6.45) is 1.29. The van der Waals surface area contributed by atoms with Gasteiger partial charge >= 0.3 is 0 Å². The van der Waals surface area contributed by atoms with E-state index in [1.54, 1.807) is 12.1 Å². The number of non-ortho nitro benzene ring substituents is 1. The van der Waals surface area contributed by atoms with Crippen LogP contribution >= 0.6 is 0 Å². The Bertz CT molecular complexity index is 853. The lowest BCUT2D eigenvalue weighted by atomic mass is 10.2. The summed E-state index contributed by atoms with van der Waals surface area (Å²) in [7, 11) is 0. The third kappa shape index (κ3) is 4.42. The van der Waals surface area contributed by atoms with Gasteiger partial charge in [-0.25, -0.2) is 0 Å². The summed E-state index contributed by atoms with van der Waals surface area (Å²) in [4.78, 5) is 22.3. The molecule has 7 heteroatoms. The van der Waals surface area contributed by atoms with Gasteiger partial charge in [-0.2, -0.15) is 5.26 Å². The van der Waals surface area contributed by atoms with E-state index >= 15 is 0 Å². The van der Waals surface area contributed by atoms with E-state index < -0.39 is 10.8 Å². The van der Waals surface area contributed by atoms with Crippen LogP contribution in [0.15, 0.2) is 60.3 Å². The first-order valence-electron chi connectivity index (χ1n) is 6.99. The maximum Gasteiger partial charge on any atom is 0.271 e. The first kappa shape index (κ1) is 16.7. The average molecular weight is 322 g/mol. The standard InChI is InChI=1S/C17H14N4O3/c1-12-4-2-5-14(8-12)19-11-13(10-18)17(22)20-15-6-3-7-16(9-15)21(23)24/h2-9,11,19H,1H3,(H,20,22)/b13-11-. The van der Waals surface area contributed by atoms with Crippen LogP contribution in [0.4, 0.5) is 17.1 Å². The lowest BCUT2D eigenvalue weighted by Crippen LogP contribution is -2.14. The second kappa shape index (κ2) is 7.56. The van der Waals surface area contributed by atoms with E-state index in [1.165, 1.54) is 30.5 Å². The Labute approximate surface area is 138 Å². The molecule has 0 bridgehead atoms. The number of nitro groups is 1. The molecule has 0 spiro atoms. The van der Waals surface area contributed by atoms with E-state index in [4.69, 9.17) is 5.26 Å². The molecule has 0 saturated carbocycles. The van der Waals surface area contributed by atoms with Crippen molar-refractivity contribution in [2.24, 2.45) is 0 Å². The number of nitrogens with one attached hydrogen (secondary N) is 2. The maximum absolute atomic E-state index is 12.1. The maximum atomic E-state index is 12.1. The van der Waals surface area contributed by atoms with E-state index in [2.05, 4.69) is 10.6 Å². The zero-order chi connectivity index (χ0) is 17.5. The molecule has 7 nitrogen and oxygen atoms in total. The number of benzene rings is 2. The molecule has 24 heavy (non-hydrogen) atoms. The number of hydrogen-bond donors (Lipinski definition) is 2. The lowest BCUT2D eigenvalue weighted by molar-refractivity contribution is -0.384.